The van der Waals surface area contributed by atoms with Crippen molar-refractivity contribution in [2.24, 2.45) is 0 Å². The fourth-order valence-corrected chi connectivity index (χ4v) is 1.94. The third-order valence-electron chi connectivity index (χ3n) is 1.53. The first kappa shape index (κ1) is 7.42. The normalized spacial score (nSPS) is 24.0. The average Bonchev–Trinajstić information content (AvgIpc) is 2.00. The zero-order valence-electron chi connectivity index (χ0n) is 5.86. The van der Waals surface area contributed by atoms with Crippen molar-refractivity contribution < 1.29 is 0 Å². The number of hydrogen-bond acceptors (Lipinski definition) is 2. The van der Waals surface area contributed by atoms with Crippen molar-refractivity contribution in [2.45, 2.75) is 19.3 Å². The Bertz CT molecular complexity index is 37.4. The second-order valence-electron chi connectivity index (χ2n) is 2.42. The van der Waals surface area contributed by atoms with Crippen LogP contribution in [0, 0.1) is 0 Å². The van der Waals surface area contributed by atoms with Crippen molar-refractivity contribution in [2.75, 3.05) is 24.6 Å². The second-order valence-corrected chi connectivity index (χ2v) is 3.65. The molecule has 1 aliphatic rings. The lowest BCUT2D eigenvalue weighted by atomic mass is 10.3. The lowest BCUT2D eigenvalue weighted by Gasteiger charge is -1.97. The molecule has 1 aliphatic heterocycles. The van der Waals surface area contributed by atoms with Gasteiger partial charge in [0.15, 0.2) is 0 Å². The van der Waals surface area contributed by atoms with E-state index in [4.69, 9.17) is 0 Å². The maximum absolute atomic E-state index is 3.41. The molecule has 0 radical (unpaired) electrons. The molecule has 0 aromatic heterocycles. The first-order valence-electron chi connectivity index (χ1n) is 3.78. The highest BCUT2D eigenvalue weighted by atomic mass is 32.2. The van der Waals surface area contributed by atoms with Crippen LogP contribution in [0.2, 0.25) is 0 Å². The maximum Gasteiger partial charge on any atom is -0.00411 e. The monoisotopic (exact) mass is 145 g/mol. The Kier molecular flexibility index (Phi) is 4.22. The van der Waals surface area contributed by atoms with Crippen LogP contribution in [0.25, 0.3) is 0 Å². The number of hydrogen-bond donors (Lipinski definition) is 1. The Hall–Kier alpha value is 0.310. The minimum atomic E-state index is 1.23. The summed E-state index contributed by atoms with van der Waals surface area (Å²) in [5, 5.41) is 3.41. The van der Waals surface area contributed by atoms with Crippen molar-refractivity contribution in [3.8, 4) is 0 Å². The van der Waals surface area contributed by atoms with E-state index in [1.54, 1.807) is 0 Å². The largest absolute Gasteiger partial charge is 0.317 e. The van der Waals surface area contributed by atoms with Crippen LogP contribution < -0.4 is 5.32 Å². The summed E-state index contributed by atoms with van der Waals surface area (Å²) in [6.45, 7) is 2.47. The smallest absolute Gasteiger partial charge is 0.00411 e. The van der Waals surface area contributed by atoms with Gasteiger partial charge in [-0.05, 0) is 43.9 Å². The van der Waals surface area contributed by atoms with E-state index in [9.17, 15) is 0 Å². The molecule has 1 fully saturated rings. The molecule has 1 N–H and O–H groups in total. The van der Waals surface area contributed by atoms with Gasteiger partial charge < -0.3 is 5.32 Å². The Morgan fingerprint density at radius 2 is 1.67 bits per heavy atom. The van der Waals surface area contributed by atoms with E-state index in [-0.39, 0.29) is 0 Å². The van der Waals surface area contributed by atoms with E-state index in [0.717, 1.165) is 0 Å². The predicted molar refractivity (Wildman–Crippen MR) is 44.0 cm³/mol. The Morgan fingerprint density at radius 1 is 0.889 bits per heavy atom. The summed E-state index contributed by atoms with van der Waals surface area (Å²) in [6.07, 6.45) is 4.12. The molecule has 1 rings (SSSR count). The zero-order chi connectivity index (χ0) is 6.36. The number of rotatable bonds is 0. The molecule has 0 amide bonds. The molecule has 0 aliphatic carbocycles. The van der Waals surface area contributed by atoms with Crippen molar-refractivity contribution in [3.63, 3.8) is 0 Å². The molecule has 0 aromatic carbocycles. The fourth-order valence-electron chi connectivity index (χ4n) is 0.980. The molecule has 0 atom stereocenters. The molecule has 1 nitrogen and oxygen atoms in total. The van der Waals surface area contributed by atoms with Crippen LogP contribution in [0.1, 0.15) is 19.3 Å². The molecule has 54 valence electrons. The first-order chi connectivity index (χ1) is 4.50. The van der Waals surface area contributed by atoms with Gasteiger partial charge in [-0.25, -0.2) is 0 Å². The van der Waals surface area contributed by atoms with Crippen LogP contribution in [0.3, 0.4) is 0 Å². The quantitative estimate of drug-likeness (QED) is 0.554. The van der Waals surface area contributed by atoms with Crippen LogP contribution in [0.4, 0.5) is 0 Å². The van der Waals surface area contributed by atoms with Crippen molar-refractivity contribution in [1.82, 2.24) is 5.32 Å². The molecule has 0 unspecified atom stereocenters. The summed E-state index contributed by atoms with van der Waals surface area (Å²) in [7, 11) is 0. The van der Waals surface area contributed by atoms with Crippen LogP contribution >= 0.6 is 11.8 Å². The predicted octanol–water partition coefficient (Wildman–Crippen LogP) is 1.49. The first-order valence-corrected chi connectivity index (χ1v) is 4.94. The van der Waals surface area contributed by atoms with Gasteiger partial charge in [0.2, 0.25) is 0 Å². The third-order valence-corrected chi connectivity index (χ3v) is 2.69. The van der Waals surface area contributed by atoms with Gasteiger partial charge >= 0.3 is 0 Å². The van der Waals surface area contributed by atoms with Crippen molar-refractivity contribution in [3.05, 3.63) is 0 Å². The molecule has 9 heavy (non-hydrogen) atoms. The van der Waals surface area contributed by atoms with Crippen LogP contribution in [0.15, 0.2) is 0 Å². The highest BCUT2D eigenvalue weighted by molar-refractivity contribution is 7.99. The van der Waals surface area contributed by atoms with Gasteiger partial charge in [0.25, 0.3) is 0 Å². The van der Waals surface area contributed by atoms with E-state index >= 15 is 0 Å². The van der Waals surface area contributed by atoms with Gasteiger partial charge in [-0.3, -0.25) is 0 Å². The Morgan fingerprint density at radius 3 is 2.67 bits per heavy atom. The molecular formula is C7H15NS. The highest BCUT2D eigenvalue weighted by Gasteiger charge is 1.94. The van der Waals surface area contributed by atoms with Gasteiger partial charge in [-0.1, -0.05) is 0 Å². The lowest BCUT2D eigenvalue weighted by molar-refractivity contribution is 0.643. The molecule has 0 saturated carbocycles. The van der Waals surface area contributed by atoms with Gasteiger partial charge in [-0.2, -0.15) is 11.8 Å². The topological polar surface area (TPSA) is 12.0 Å². The third kappa shape index (κ3) is 3.82. The van der Waals surface area contributed by atoms with Gasteiger partial charge in [0.05, 0.1) is 0 Å². The zero-order valence-corrected chi connectivity index (χ0v) is 6.67. The molecule has 2 heteroatoms. The molecule has 0 bridgehead atoms. The Labute approximate surface area is 61.6 Å². The Balaban J connectivity index is 2.02. The molecule has 1 saturated heterocycles. The van der Waals surface area contributed by atoms with Crippen LogP contribution in [-0.2, 0) is 0 Å². The minimum Gasteiger partial charge on any atom is -0.317 e. The van der Waals surface area contributed by atoms with Gasteiger partial charge in [0, 0.05) is 0 Å². The van der Waals surface area contributed by atoms with Gasteiger partial charge in [-0.15, -0.1) is 0 Å². The van der Waals surface area contributed by atoms with Crippen molar-refractivity contribution in [1.29, 1.82) is 0 Å². The van der Waals surface area contributed by atoms with Crippen molar-refractivity contribution >= 4 is 11.8 Å². The standard InChI is InChI=1S/C7H15NS/c1-2-6-9-7-3-5-8-4-1/h8H,1-7H2. The summed E-state index contributed by atoms with van der Waals surface area (Å²) >= 11 is 2.10. The average molecular weight is 145 g/mol. The summed E-state index contributed by atoms with van der Waals surface area (Å²) in [6, 6.07) is 0. The maximum atomic E-state index is 3.41. The van der Waals surface area contributed by atoms with E-state index in [0.29, 0.717) is 0 Å². The molecule has 0 spiro atoms. The summed E-state index contributed by atoms with van der Waals surface area (Å²) in [5.41, 5.74) is 0. The summed E-state index contributed by atoms with van der Waals surface area (Å²) < 4.78 is 0. The highest BCUT2D eigenvalue weighted by Crippen LogP contribution is 2.06. The molecule has 1 heterocycles. The van der Waals surface area contributed by atoms with E-state index < -0.39 is 0 Å². The lowest BCUT2D eigenvalue weighted by Crippen LogP contribution is -2.16. The van der Waals surface area contributed by atoms with E-state index in [2.05, 4.69) is 17.1 Å². The minimum absolute atomic E-state index is 1.23. The second kappa shape index (κ2) is 5.12. The van der Waals surface area contributed by atoms with Gasteiger partial charge in [0.1, 0.15) is 0 Å². The van der Waals surface area contributed by atoms with E-state index in [1.165, 1.54) is 43.9 Å². The number of thioether (sulfide) groups is 1. The van der Waals surface area contributed by atoms with Crippen LogP contribution in [-0.4, -0.2) is 24.6 Å². The fraction of sp³-hybridized carbons (Fsp3) is 1.00. The SMILES string of the molecule is C1CCSCCCNC1. The van der Waals surface area contributed by atoms with Crippen LogP contribution in [0.5, 0.6) is 0 Å². The molecular weight excluding hydrogens is 130 g/mol. The number of nitrogens with one attached hydrogen (secondary N) is 1. The van der Waals surface area contributed by atoms with E-state index in [1.807, 2.05) is 0 Å². The summed E-state index contributed by atoms with van der Waals surface area (Å²) in [5.74, 6) is 2.73. The summed E-state index contributed by atoms with van der Waals surface area (Å²) in [4.78, 5) is 0. The molecule has 0 aromatic rings.